The quantitative estimate of drug-likeness (QED) is 0.590. The fourth-order valence-electron chi connectivity index (χ4n) is 2.08. The molecule has 21 heavy (non-hydrogen) atoms. The molecule has 0 unspecified atom stereocenters. The van der Waals surface area contributed by atoms with E-state index in [9.17, 15) is 4.79 Å². The van der Waals surface area contributed by atoms with Crippen LogP contribution in [0.1, 0.15) is 39.2 Å². The van der Waals surface area contributed by atoms with E-state index in [0.717, 1.165) is 30.1 Å². The molecule has 4 heteroatoms. The van der Waals surface area contributed by atoms with Crippen LogP contribution in [0.3, 0.4) is 0 Å². The van der Waals surface area contributed by atoms with Gasteiger partial charge >= 0.3 is 5.97 Å². The summed E-state index contributed by atoms with van der Waals surface area (Å²) in [6.07, 6.45) is 0.629. The Labute approximate surface area is 126 Å². The van der Waals surface area contributed by atoms with E-state index in [1.54, 1.807) is 0 Å². The van der Waals surface area contributed by atoms with Crippen molar-refractivity contribution < 1.29 is 14.6 Å². The average Bonchev–Trinajstić information content (AvgIpc) is 2.46. The summed E-state index contributed by atoms with van der Waals surface area (Å²) in [6, 6.07) is 5.86. The molecule has 0 saturated carbocycles. The van der Waals surface area contributed by atoms with Crippen molar-refractivity contribution in [2.45, 2.75) is 33.6 Å². The number of rotatable bonds is 8. The van der Waals surface area contributed by atoms with Crippen LogP contribution in [0.15, 0.2) is 18.2 Å². The minimum Gasteiger partial charge on any atom is -0.491 e. The molecule has 1 rings (SSSR count). The van der Waals surface area contributed by atoms with Gasteiger partial charge in [-0.2, -0.15) is 0 Å². The van der Waals surface area contributed by atoms with Crippen LogP contribution in [-0.2, 0) is 4.79 Å². The molecule has 0 atom stereocenters. The molecular formula is C17H23NO3. The lowest BCUT2D eigenvalue weighted by Crippen LogP contribution is -2.22. The van der Waals surface area contributed by atoms with Gasteiger partial charge in [0.25, 0.3) is 0 Å². The van der Waals surface area contributed by atoms with Gasteiger partial charge in [-0.1, -0.05) is 5.92 Å². The number of carbonyl (C=O) groups is 1. The molecule has 1 aromatic carbocycles. The molecule has 0 heterocycles. The topological polar surface area (TPSA) is 49.8 Å². The Bertz CT molecular complexity index is 525. The molecule has 0 amide bonds. The molecule has 0 aromatic heterocycles. The van der Waals surface area contributed by atoms with Crippen LogP contribution >= 0.6 is 0 Å². The molecular weight excluding hydrogens is 266 g/mol. The first-order valence-electron chi connectivity index (χ1n) is 7.28. The summed E-state index contributed by atoms with van der Waals surface area (Å²) >= 11 is 0. The van der Waals surface area contributed by atoms with E-state index in [-0.39, 0.29) is 6.42 Å². The van der Waals surface area contributed by atoms with Gasteiger partial charge in [0.1, 0.15) is 5.75 Å². The Hall–Kier alpha value is -2.15. The van der Waals surface area contributed by atoms with Crippen molar-refractivity contribution in [2.75, 3.05) is 24.6 Å². The Balaban J connectivity index is 2.89. The highest BCUT2D eigenvalue weighted by Gasteiger charge is 2.10. The lowest BCUT2D eigenvalue weighted by atomic mass is 10.1. The number of carboxylic acids is 1. The number of carboxylic acid groups (broad SMARTS) is 1. The van der Waals surface area contributed by atoms with Gasteiger partial charge in [-0.05, 0) is 45.4 Å². The molecule has 1 aromatic rings. The first-order valence-corrected chi connectivity index (χ1v) is 7.28. The zero-order valence-electron chi connectivity index (χ0n) is 13.0. The van der Waals surface area contributed by atoms with Crippen LogP contribution in [0, 0.1) is 11.8 Å². The summed E-state index contributed by atoms with van der Waals surface area (Å²) in [5.41, 5.74) is 1.97. The second-order valence-electron chi connectivity index (χ2n) is 4.58. The van der Waals surface area contributed by atoms with E-state index in [1.807, 2.05) is 25.1 Å². The van der Waals surface area contributed by atoms with Crippen molar-refractivity contribution in [3.8, 4) is 17.6 Å². The summed E-state index contributed by atoms with van der Waals surface area (Å²) in [7, 11) is 0. The van der Waals surface area contributed by atoms with E-state index in [1.165, 1.54) is 0 Å². The van der Waals surface area contributed by atoms with Crippen LogP contribution in [0.2, 0.25) is 0 Å². The Kier molecular flexibility index (Phi) is 7.17. The summed E-state index contributed by atoms with van der Waals surface area (Å²) in [5, 5.41) is 8.65. The molecule has 0 fully saturated rings. The summed E-state index contributed by atoms with van der Waals surface area (Å²) in [5.74, 6) is 5.93. The van der Waals surface area contributed by atoms with E-state index in [0.29, 0.717) is 13.0 Å². The second kappa shape index (κ2) is 8.91. The summed E-state index contributed by atoms with van der Waals surface area (Å²) in [6.45, 7) is 8.16. The molecule has 0 spiro atoms. The fourth-order valence-corrected chi connectivity index (χ4v) is 2.08. The van der Waals surface area contributed by atoms with E-state index >= 15 is 0 Å². The third kappa shape index (κ3) is 5.39. The highest BCUT2D eigenvalue weighted by atomic mass is 16.5. The maximum absolute atomic E-state index is 10.5. The number of hydrogen-bond donors (Lipinski definition) is 1. The maximum atomic E-state index is 10.5. The predicted molar refractivity (Wildman–Crippen MR) is 84.9 cm³/mol. The fraction of sp³-hybridized carbons (Fsp3) is 0.471. The normalized spacial score (nSPS) is 9.67. The zero-order valence-corrected chi connectivity index (χ0v) is 13.0. The highest BCUT2D eigenvalue weighted by Crippen LogP contribution is 2.29. The van der Waals surface area contributed by atoms with E-state index in [4.69, 9.17) is 9.84 Å². The smallest absolute Gasteiger partial charge is 0.303 e. The zero-order chi connectivity index (χ0) is 15.7. The van der Waals surface area contributed by atoms with Gasteiger partial charge in [-0.25, -0.2) is 0 Å². The van der Waals surface area contributed by atoms with Crippen LogP contribution in [0.5, 0.6) is 5.75 Å². The van der Waals surface area contributed by atoms with Crippen LogP contribution < -0.4 is 9.64 Å². The molecule has 1 N–H and O–H groups in total. The van der Waals surface area contributed by atoms with Gasteiger partial charge in [0.05, 0.1) is 12.3 Å². The molecule has 114 valence electrons. The minimum atomic E-state index is -0.795. The van der Waals surface area contributed by atoms with Crippen molar-refractivity contribution in [3.05, 3.63) is 23.8 Å². The SMILES string of the molecule is CC#Cc1ccc(OCCCC(=O)O)c(N(CC)CC)c1. The molecule has 4 nitrogen and oxygen atoms in total. The second-order valence-corrected chi connectivity index (χ2v) is 4.58. The third-order valence-corrected chi connectivity index (χ3v) is 3.12. The van der Waals surface area contributed by atoms with Gasteiger partial charge in [0.15, 0.2) is 0 Å². The molecule has 0 aliphatic heterocycles. The van der Waals surface area contributed by atoms with Crippen molar-refractivity contribution in [3.63, 3.8) is 0 Å². The highest BCUT2D eigenvalue weighted by molar-refractivity contribution is 5.66. The van der Waals surface area contributed by atoms with Gasteiger partial charge in [0.2, 0.25) is 0 Å². The largest absolute Gasteiger partial charge is 0.491 e. The first kappa shape index (κ1) is 16.9. The van der Waals surface area contributed by atoms with E-state index in [2.05, 4.69) is 30.6 Å². The maximum Gasteiger partial charge on any atom is 0.303 e. The third-order valence-electron chi connectivity index (χ3n) is 3.12. The number of nitrogens with zero attached hydrogens (tertiary/aromatic N) is 1. The number of anilines is 1. The van der Waals surface area contributed by atoms with Crippen LogP contribution in [-0.4, -0.2) is 30.8 Å². The number of aliphatic carboxylic acids is 1. The van der Waals surface area contributed by atoms with Crippen molar-refractivity contribution in [2.24, 2.45) is 0 Å². The Morgan fingerprint density at radius 3 is 2.62 bits per heavy atom. The molecule has 0 radical (unpaired) electrons. The molecule has 0 aliphatic carbocycles. The number of ether oxygens (including phenoxy) is 1. The molecule has 0 aliphatic rings. The van der Waals surface area contributed by atoms with E-state index < -0.39 is 5.97 Å². The first-order chi connectivity index (χ1) is 10.1. The Morgan fingerprint density at radius 1 is 1.33 bits per heavy atom. The minimum absolute atomic E-state index is 0.125. The predicted octanol–water partition coefficient (Wildman–Crippen LogP) is 3.15. The number of benzene rings is 1. The summed E-state index contributed by atoms with van der Waals surface area (Å²) in [4.78, 5) is 12.7. The van der Waals surface area contributed by atoms with Crippen molar-refractivity contribution in [1.82, 2.24) is 0 Å². The average molecular weight is 289 g/mol. The molecule has 0 saturated heterocycles. The van der Waals surface area contributed by atoms with Crippen molar-refractivity contribution >= 4 is 11.7 Å². The molecule has 0 bridgehead atoms. The Morgan fingerprint density at radius 2 is 2.05 bits per heavy atom. The summed E-state index contributed by atoms with van der Waals surface area (Å²) < 4.78 is 5.75. The lowest BCUT2D eigenvalue weighted by Gasteiger charge is -2.24. The van der Waals surface area contributed by atoms with Crippen LogP contribution in [0.4, 0.5) is 5.69 Å². The van der Waals surface area contributed by atoms with Gasteiger partial charge < -0.3 is 14.7 Å². The van der Waals surface area contributed by atoms with Crippen molar-refractivity contribution in [1.29, 1.82) is 0 Å². The monoisotopic (exact) mass is 289 g/mol. The van der Waals surface area contributed by atoms with Crippen LogP contribution in [0.25, 0.3) is 0 Å². The van der Waals surface area contributed by atoms with Gasteiger partial charge in [-0.15, -0.1) is 5.92 Å². The standard InChI is InChI=1S/C17H23NO3/c1-4-8-14-10-11-16(21-12-7-9-17(19)20)15(13-14)18(5-2)6-3/h10-11,13H,5-7,9,12H2,1-3H3,(H,19,20). The van der Waals surface area contributed by atoms with Gasteiger partial charge in [-0.3, -0.25) is 4.79 Å². The van der Waals surface area contributed by atoms with Gasteiger partial charge in [0, 0.05) is 25.1 Å². The lowest BCUT2D eigenvalue weighted by molar-refractivity contribution is -0.137. The number of hydrogen-bond acceptors (Lipinski definition) is 3.